The van der Waals surface area contributed by atoms with Crippen molar-refractivity contribution in [3.63, 3.8) is 0 Å². The zero-order valence-electron chi connectivity index (χ0n) is 15.8. The van der Waals surface area contributed by atoms with Crippen molar-refractivity contribution in [1.82, 2.24) is 9.21 Å². The van der Waals surface area contributed by atoms with Crippen molar-refractivity contribution >= 4 is 15.9 Å². The number of hydrogen-bond donors (Lipinski definition) is 0. The molecule has 1 aromatic rings. The monoisotopic (exact) mass is 440 g/mol. The number of rotatable bonds is 3. The fourth-order valence-electron chi connectivity index (χ4n) is 5.46. The summed E-state index contributed by atoms with van der Waals surface area (Å²) < 4.78 is 67.5. The second kappa shape index (κ2) is 6.61. The topological polar surface area (TPSA) is 82.4 Å². The normalized spacial score (nSPS) is 30.8. The maximum Gasteiger partial charge on any atom is 0.417 e. The predicted molar refractivity (Wildman–Crippen MR) is 98.6 cm³/mol. The van der Waals surface area contributed by atoms with E-state index in [0.29, 0.717) is 5.57 Å². The first-order valence-corrected chi connectivity index (χ1v) is 11.2. The highest BCUT2D eigenvalue weighted by Crippen LogP contribution is 2.51. The molecule has 1 aromatic carbocycles. The minimum atomic E-state index is -4.76. The Labute approximate surface area is 171 Å². The van der Waals surface area contributed by atoms with Gasteiger partial charge in [0.15, 0.2) is 0 Å². The van der Waals surface area contributed by atoms with E-state index in [9.17, 15) is 26.4 Å². The standard InChI is InChI=1S/C19H19F3N4O3S/c20-19(21,22)14-3-1-2-4-17(14)30(28,29)25-9-12-13(10-25)16-6-5-15(12)26(16)18(27)11-7-23-24-8-11/h1-4,7,12-13,15-16H,5-6,8-10H2/t12-,13+,15-,16+. The summed E-state index contributed by atoms with van der Waals surface area (Å²) in [4.78, 5) is 14.0. The molecule has 0 saturated carbocycles. The second-order valence-corrected chi connectivity index (χ2v) is 10.0. The Morgan fingerprint density at radius 2 is 1.70 bits per heavy atom. The molecule has 3 saturated heterocycles. The summed E-state index contributed by atoms with van der Waals surface area (Å²) >= 11 is 0. The highest BCUT2D eigenvalue weighted by molar-refractivity contribution is 7.89. The molecular formula is C19H19F3N4O3S. The van der Waals surface area contributed by atoms with E-state index in [4.69, 9.17) is 0 Å². The average molecular weight is 440 g/mol. The lowest BCUT2D eigenvalue weighted by atomic mass is 9.82. The fourth-order valence-corrected chi connectivity index (χ4v) is 7.18. The third-order valence-corrected chi connectivity index (χ3v) is 8.59. The molecule has 30 heavy (non-hydrogen) atoms. The van der Waals surface area contributed by atoms with Gasteiger partial charge in [0, 0.05) is 25.2 Å². The number of nitrogens with zero attached hydrogens (tertiary/aromatic N) is 4. The Balaban J connectivity index is 1.40. The largest absolute Gasteiger partial charge is 0.417 e. The van der Waals surface area contributed by atoms with Gasteiger partial charge >= 0.3 is 6.18 Å². The molecule has 0 radical (unpaired) electrons. The Morgan fingerprint density at radius 3 is 2.27 bits per heavy atom. The van der Waals surface area contributed by atoms with Crippen LogP contribution >= 0.6 is 0 Å². The lowest BCUT2D eigenvalue weighted by Crippen LogP contribution is -2.42. The molecule has 7 nitrogen and oxygen atoms in total. The van der Waals surface area contributed by atoms with Gasteiger partial charge in [0.05, 0.1) is 28.8 Å². The molecular weight excluding hydrogens is 421 g/mol. The number of hydrogen-bond acceptors (Lipinski definition) is 5. The van der Waals surface area contributed by atoms with Crippen LogP contribution in [0, 0.1) is 11.8 Å². The number of carbonyl (C=O) groups excluding carboxylic acids is 1. The average Bonchev–Trinajstić information content (AvgIpc) is 3.48. The third kappa shape index (κ3) is 2.82. The van der Waals surface area contributed by atoms with Gasteiger partial charge in [-0.2, -0.15) is 27.7 Å². The maximum atomic E-state index is 13.4. The van der Waals surface area contributed by atoms with Crippen LogP contribution in [-0.4, -0.2) is 55.2 Å². The molecule has 1 amide bonds. The molecule has 0 aliphatic carbocycles. The number of alkyl halides is 3. The molecule has 11 heteroatoms. The van der Waals surface area contributed by atoms with Crippen molar-refractivity contribution in [1.29, 1.82) is 0 Å². The summed E-state index contributed by atoms with van der Waals surface area (Å²) in [5.74, 6) is -0.258. The first kappa shape index (κ1) is 19.7. The van der Waals surface area contributed by atoms with Crippen molar-refractivity contribution in [2.75, 3.05) is 19.6 Å². The molecule has 0 spiro atoms. The smallest absolute Gasteiger partial charge is 0.332 e. The maximum absolute atomic E-state index is 13.4. The number of fused-ring (bicyclic) bond motifs is 5. The number of amides is 1. The van der Waals surface area contributed by atoms with Crippen LogP contribution in [-0.2, 0) is 21.0 Å². The van der Waals surface area contributed by atoms with Gasteiger partial charge in [0.25, 0.3) is 5.91 Å². The predicted octanol–water partition coefficient (Wildman–Crippen LogP) is 2.67. The summed E-state index contributed by atoms with van der Waals surface area (Å²) in [6.07, 6.45) is -1.76. The highest BCUT2D eigenvalue weighted by Gasteiger charge is 2.59. The van der Waals surface area contributed by atoms with Gasteiger partial charge in [-0.1, -0.05) is 12.1 Å². The van der Waals surface area contributed by atoms with Gasteiger partial charge < -0.3 is 4.90 Å². The van der Waals surface area contributed by atoms with Crippen molar-refractivity contribution in [3.05, 3.63) is 41.6 Å². The SMILES string of the molecule is O=C(C1=CN=NC1)N1[C@@H]2CC[C@H]1[C@H]1CN(S(=O)(=O)c3ccccc3C(F)(F)F)C[C@H]12. The van der Waals surface area contributed by atoms with E-state index in [1.807, 2.05) is 4.90 Å². The molecule has 0 unspecified atom stereocenters. The van der Waals surface area contributed by atoms with Crippen LogP contribution in [0.5, 0.6) is 0 Å². The number of carbonyl (C=O) groups is 1. The molecule has 4 atom stereocenters. The number of halogens is 3. The van der Waals surface area contributed by atoms with Crippen LogP contribution in [0.3, 0.4) is 0 Å². The molecule has 2 bridgehead atoms. The molecule has 0 N–H and O–H groups in total. The number of sulfonamides is 1. The van der Waals surface area contributed by atoms with E-state index in [0.717, 1.165) is 25.0 Å². The lowest BCUT2D eigenvalue weighted by molar-refractivity contribution is -0.140. The van der Waals surface area contributed by atoms with E-state index < -0.39 is 26.7 Å². The Morgan fingerprint density at radius 1 is 1.07 bits per heavy atom. The van der Waals surface area contributed by atoms with E-state index in [1.54, 1.807) is 0 Å². The minimum Gasteiger partial charge on any atom is -0.332 e. The molecule has 0 aromatic heterocycles. The quantitative estimate of drug-likeness (QED) is 0.725. The molecule has 3 fully saturated rings. The Hall–Kier alpha value is -2.27. The van der Waals surface area contributed by atoms with Crippen molar-refractivity contribution in [2.24, 2.45) is 22.1 Å². The van der Waals surface area contributed by atoms with E-state index >= 15 is 0 Å². The summed E-state index contributed by atoms with van der Waals surface area (Å²) in [6, 6.07) is 4.07. The Bertz CT molecular complexity index is 1050. The lowest BCUT2D eigenvalue weighted by Gasteiger charge is -2.27. The van der Waals surface area contributed by atoms with Gasteiger partial charge in [-0.05, 0) is 36.8 Å². The molecule has 5 rings (SSSR count). The summed E-state index contributed by atoms with van der Waals surface area (Å²) in [5, 5.41) is 7.55. The summed E-state index contributed by atoms with van der Waals surface area (Å²) in [7, 11) is -4.30. The van der Waals surface area contributed by atoms with Crippen LogP contribution in [0.2, 0.25) is 0 Å². The van der Waals surface area contributed by atoms with Crippen LogP contribution < -0.4 is 0 Å². The van der Waals surface area contributed by atoms with Crippen molar-refractivity contribution < 1.29 is 26.4 Å². The van der Waals surface area contributed by atoms with Crippen molar-refractivity contribution in [2.45, 2.75) is 36.0 Å². The zero-order valence-corrected chi connectivity index (χ0v) is 16.6. The zero-order chi connectivity index (χ0) is 21.3. The molecule has 4 heterocycles. The Kier molecular flexibility index (Phi) is 4.34. The van der Waals surface area contributed by atoms with Crippen LogP contribution in [0.25, 0.3) is 0 Å². The first-order valence-electron chi connectivity index (χ1n) is 9.74. The van der Waals surface area contributed by atoms with Crippen LogP contribution in [0.15, 0.2) is 51.2 Å². The minimum absolute atomic E-state index is 0.0728. The van der Waals surface area contributed by atoms with E-state index in [2.05, 4.69) is 10.2 Å². The van der Waals surface area contributed by atoms with Gasteiger partial charge in [0.1, 0.15) is 0 Å². The van der Waals surface area contributed by atoms with Crippen LogP contribution in [0.4, 0.5) is 13.2 Å². The fraction of sp³-hybridized carbons (Fsp3) is 0.526. The summed E-state index contributed by atoms with van der Waals surface area (Å²) in [6.45, 7) is 0.495. The van der Waals surface area contributed by atoms with Gasteiger partial charge in [-0.15, -0.1) is 0 Å². The van der Waals surface area contributed by atoms with E-state index in [-0.39, 0.29) is 49.5 Å². The summed E-state index contributed by atoms with van der Waals surface area (Å²) in [5.41, 5.74) is -0.627. The number of azo groups is 1. The second-order valence-electron chi connectivity index (χ2n) is 8.14. The van der Waals surface area contributed by atoms with E-state index in [1.165, 1.54) is 22.6 Å². The molecule has 4 aliphatic heterocycles. The van der Waals surface area contributed by atoms with Gasteiger partial charge in [0.2, 0.25) is 10.0 Å². The molecule has 160 valence electrons. The first-order chi connectivity index (χ1) is 14.2. The highest BCUT2D eigenvalue weighted by atomic mass is 32.2. The van der Waals surface area contributed by atoms with Crippen LogP contribution in [0.1, 0.15) is 18.4 Å². The third-order valence-electron chi connectivity index (χ3n) is 6.70. The number of benzene rings is 1. The molecule has 4 aliphatic rings. The van der Waals surface area contributed by atoms with Gasteiger partial charge in [-0.3, -0.25) is 4.79 Å². The van der Waals surface area contributed by atoms with Gasteiger partial charge in [-0.25, -0.2) is 8.42 Å². The van der Waals surface area contributed by atoms with Crippen molar-refractivity contribution in [3.8, 4) is 0 Å².